The van der Waals surface area contributed by atoms with Crippen LogP contribution in [0, 0.1) is 6.92 Å². The van der Waals surface area contributed by atoms with Crippen LogP contribution in [-0.2, 0) is 32.6 Å². The predicted molar refractivity (Wildman–Crippen MR) is 186 cm³/mol. The quantitative estimate of drug-likeness (QED) is 0.166. The average molecular weight is 723 g/mol. The largest absolute Gasteiger partial charge is 0.352 e. The lowest BCUT2D eigenvalue weighted by Gasteiger charge is -2.34. The molecule has 0 bridgehead atoms. The molecule has 4 aromatic rings. The van der Waals surface area contributed by atoms with Crippen molar-refractivity contribution in [1.29, 1.82) is 0 Å². The van der Waals surface area contributed by atoms with Gasteiger partial charge in [0, 0.05) is 28.5 Å². The highest BCUT2D eigenvalue weighted by atomic mass is 79.9. The van der Waals surface area contributed by atoms with Gasteiger partial charge in [0.2, 0.25) is 11.8 Å². The first kappa shape index (κ1) is 33.7. The Morgan fingerprint density at radius 1 is 0.891 bits per heavy atom. The van der Waals surface area contributed by atoms with Gasteiger partial charge in [-0.1, -0.05) is 101 Å². The van der Waals surface area contributed by atoms with Gasteiger partial charge in [-0.3, -0.25) is 13.9 Å². The molecule has 1 aliphatic carbocycles. The minimum absolute atomic E-state index is 0.0436. The average Bonchev–Trinajstić information content (AvgIpc) is 3.56. The van der Waals surface area contributed by atoms with Gasteiger partial charge in [0.25, 0.3) is 10.0 Å². The molecular formula is C36H37BrClN3O4S. The summed E-state index contributed by atoms with van der Waals surface area (Å²) < 4.78 is 30.4. The number of halogens is 2. The van der Waals surface area contributed by atoms with Crippen LogP contribution < -0.4 is 9.62 Å². The highest BCUT2D eigenvalue weighted by Crippen LogP contribution is 2.30. The van der Waals surface area contributed by atoms with Crippen molar-refractivity contribution < 1.29 is 18.0 Å². The Labute approximate surface area is 284 Å². The van der Waals surface area contributed by atoms with Crippen LogP contribution in [-0.4, -0.2) is 43.8 Å². The molecule has 5 rings (SSSR count). The van der Waals surface area contributed by atoms with E-state index in [1.54, 1.807) is 43.3 Å². The van der Waals surface area contributed by atoms with Crippen LogP contribution in [0.2, 0.25) is 5.02 Å². The van der Waals surface area contributed by atoms with Crippen molar-refractivity contribution in [2.75, 3.05) is 10.8 Å². The van der Waals surface area contributed by atoms with Crippen LogP contribution in [0.25, 0.3) is 0 Å². The number of nitrogens with zero attached hydrogens (tertiary/aromatic N) is 2. The molecule has 7 nitrogen and oxygen atoms in total. The molecule has 0 radical (unpaired) electrons. The molecule has 4 aromatic carbocycles. The van der Waals surface area contributed by atoms with E-state index in [1.165, 1.54) is 17.0 Å². The van der Waals surface area contributed by atoms with E-state index in [2.05, 4.69) is 21.2 Å². The molecule has 10 heteroatoms. The maximum atomic E-state index is 14.6. The Morgan fingerprint density at radius 3 is 2.15 bits per heavy atom. The summed E-state index contributed by atoms with van der Waals surface area (Å²) in [6, 6.07) is 29.2. The third-order valence-corrected chi connectivity index (χ3v) is 10.8. The Bertz CT molecular complexity index is 1750. The fourth-order valence-electron chi connectivity index (χ4n) is 5.84. The maximum Gasteiger partial charge on any atom is 0.264 e. The van der Waals surface area contributed by atoms with Crippen LogP contribution in [0.5, 0.6) is 0 Å². The molecule has 1 N–H and O–H groups in total. The van der Waals surface area contributed by atoms with Crippen LogP contribution >= 0.6 is 27.5 Å². The summed E-state index contributed by atoms with van der Waals surface area (Å²) in [7, 11) is -4.18. The zero-order valence-corrected chi connectivity index (χ0v) is 28.8. The zero-order valence-electron chi connectivity index (χ0n) is 25.6. The smallest absolute Gasteiger partial charge is 0.264 e. The van der Waals surface area contributed by atoms with Crippen LogP contribution in [0.4, 0.5) is 5.69 Å². The summed E-state index contributed by atoms with van der Waals surface area (Å²) in [6.07, 6.45) is 4.14. The second-order valence-electron chi connectivity index (χ2n) is 11.6. The number of hydrogen-bond donors (Lipinski definition) is 1. The van der Waals surface area contributed by atoms with Crippen molar-refractivity contribution in [3.8, 4) is 0 Å². The van der Waals surface area contributed by atoms with E-state index >= 15 is 0 Å². The summed E-state index contributed by atoms with van der Waals surface area (Å²) in [5, 5.41) is 3.65. The first-order valence-corrected chi connectivity index (χ1v) is 17.9. The van der Waals surface area contributed by atoms with E-state index < -0.39 is 28.5 Å². The number of amides is 2. The number of carbonyl (C=O) groups is 2. The topological polar surface area (TPSA) is 86.8 Å². The lowest BCUT2D eigenvalue weighted by atomic mass is 10.0. The van der Waals surface area contributed by atoms with Crippen molar-refractivity contribution >= 4 is 55.1 Å². The molecule has 0 heterocycles. The van der Waals surface area contributed by atoms with E-state index in [0.29, 0.717) is 16.3 Å². The van der Waals surface area contributed by atoms with Gasteiger partial charge in [-0.2, -0.15) is 0 Å². The van der Waals surface area contributed by atoms with Crippen molar-refractivity contribution in [2.24, 2.45) is 0 Å². The zero-order chi connectivity index (χ0) is 32.7. The minimum Gasteiger partial charge on any atom is -0.352 e. The third-order valence-electron chi connectivity index (χ3n) is 8.28. The maximum absolute atomic E-state index is 14.6. The third kappa shape index (κ3) is 8.37. The number of nitrogens with one attached hydrogen (secondary N) is 1. The van der Waals surface area contributed by atoms with E-state index in [0.717, 1.165) is 45.6 Å². The normalized spacial score (nSPS) is 14.1. The summed E-state index contributed by atoms with van der Waals surface area (Å²) in [5.41, 5.74) is 2.63. The number of aryl methyl sites for hydroxylation is 1. The number of anilines is 1. The highest BCUT2D eigenvalue weighted by molar-refractivity contribution is 9.10. The van der Waals surface area contributed by atoms with Crippen molar-refractivity contribution in [2.45, 2.75) is 62.6 Å². The fraction of sp³-hybridized carbons (Fsp3) is 0.278. The summed E-state index contributed by atoms with van der Waals surface area (Å²) >= 11 is 9.72. The molecular weight excluding hydrogens is 686 g/mol. The van der Waals surface area contributed by atoms with E-state index in [-0.39, 0.29) is 29.8 Å². The number of sulfonamides is 1. The van der Waals surface area contributed by atoms with Crippen LogP contribution in [0.1, 0.15) is 42.4 Å². The molecule has 2 amide bonds. The second-order valence-corrected chi connectivity index (χ2v) is 14.8. The van der Waals surface area contributed by atoms with Gasteiger partial charge in [0.15, 0.2) is 0 Å². The van der Waals surface area contributed by atoms with Gasteiger partial charge >= 0.3 is 0 Å². The summed E-state index contributed by atoms with van der Waals surface area (Å²) in [4.78, 5) is 30.3. The van der Waals surface area contributed by atoms with Gasteiger partial charge in [0.05, 0.1) is 10.6 Å². The minimum atomic E-state index is -4.18. The SMILES string of the molecule is Cc1cc(Cl)ccc1N(CC(=O)N(Cc1ccc(Br)cc1)[C@@H](Cc1ccccc1)C(=O)NC1CCCC1)S(=O)(=O)c1ccccc1. The molecule has 1 saturated carbocycles. The second kappa shape index (κ2) is 15.3. The summed E-state index contributed by atoms with van der Waals surface area (Å²) in [6.45, 7) is 1.35. The lowest BCUT2D eigenvalue weighted by molar-refractivity contribution is -0.140. The first-order valence-electron chi connectivity index (χ1n) is 15.3. The molecule has 0 aliphatic heterocycles. The van der Waals surface area contributed by atoms with Crippen LogP contribution in [0.3, 0.4) is 0 Å². The monoisotopic (exact) mass is 721 g/mol. The fourth-order valence-corrected chi connectivity index (χ4v) is 7.83. The molecule has 46 heavy (non-hydrogen) atoms. The Morgan fingerprint density at radius 2 is 1.52 bits per heavy atom. The van der Waals surface area contributed by atoms with Crippen molar-refractivity contribution in [3.63, 3.8) is 0 Å². The van der Waals surface area contributed by atoms with E-state index in [9.17, 15) is 18.0 Å². The van der Waals surface area contributed by atoms with Crippen LogP contribution in [0.15, 0.2) is 112 Å². The molecule has 0 spiro atoms. The van der Waals surface area contributed by atoms with Gasteiger partial charge in [0.1, 0.15) is 12.6 Å². The van der Waals surface area contributed by atoms with E-state index in [1.807, 2.05) is 54.6 Å². The van der Waals surface area contributed by atoms with E-state index in [4.69, 9.17) is 11.6 Å². The van der Waals surface area contributed by atoms with Gasteiger partial charge in [-0.25, -0.2) is 8.42 Å². The van der Waals surface area contributed by atoms with Crippen molar-refractivity contribution in [3.05, 3.63) is 129 Å². The Hall–Kier alpha value is -3.66. The molecule has 1 atom stereocenters. The standard InChI is InChI=1S/C36H37BrClN3O4S/c1-26-22-30(38)20-21-33(26)41(46(44,45)32-14-6-3-7-15-32)25-35(42)40(24-28-16-18-29(37)19-17-28)34(23-27-10-4-2-5-11-27)36(43)39-31-12-8-9-13-31/h2-7,10-11,14-22,31,34H,8-9,12-13,23-25H2,1H3,(H,39,43)/t34-/m0/s1. The highest BCUT2D eigenvalue weighted by Gasteiger charge is 2.36. The summed E-state index contributed by atoms with van der Waals surface area (Å²) in [5.74, 6) is -0.749. The molecule has 240 valence electrons. The van der Waals surface area contributed by atoms with Gasteiger partial charge < -0.3 is 10.2 Å². The first-order chi connectivity index (χ1) is 22.1. The number of hydrogen-bond acceptors (Lipinski definition) is 4. The molecule has 1 aliphatic rings. The van der Waals surface area contributed by atoms with Gasteiger partial charge in [-0.15, -0.1) is 0 Å². The molecule has 1 fully saturated rings. The molecule has 0 aromatic heterocycles. The number of carbonyl (C=O) groups excluding carboxylic acids is 2. The Kier molecular flexibility index (Phi) is 11.2. The molecule has 0 unspecified atom stereocenters. The lowest BCUT2D eigenvalue weighted by Crippen LogP contribution is -2.54. The van der Waals surface area contributed by atoms with Crippen molar-refractivity contribution in [1.82, 2.24) is 10.2 Å². The predicted octanol–water partition coefficient (Wildman–Crippen LogP) is 7.31. The number of benzene rings is 4. The molecule has 0 saturated heterocycles. The Balaban J connectivity index is 1.57. The van der Waals surface area contributed by atoms with Gasteiger partial charge in [-0.05, 0) is 78.9 Å². The number of rotatable bonds is 12.